The van der Waals surface area contributed by atoms with E-state index in [1.165, 1.54) is 4.88 Å². The predicted octanol–water partition coefficient (Wildman–Crippen LogP) is 2.93. The van der Waals surface area contributed by atoms with Gasteiger partial charge in [-0.25, -0.2) is 4.98 Å². The number of benzene rings is 1. The number of hydrogen-bond donors (Lipinski definition) is 1. The van der Waals surface area contributed by atoms with Crippen LogP contribution in [-0.4, -0.2) is 37.8 Å². The van der Waals surface area contributed by atoms with Crippen molar-refractivity contribution >= 4 is 16.5 Å². The van der Waals surface area contributed by atoms with Gasteiger partial charge in [0.2, 0.25) is 0 Å². The van der Waals surface area contributed by atoms with Crippen molar-refractivity contribution in [3.63, 3.8) is 0 Å². The van der Waals surface area contributed by atoms with Crippen LogP contribution < -0.4 is 15.0 Å². The molecule has 4 nitrogen and oxygen atoms in total. The summed E-state index contributed by atoms with van der Waals surface area (Å²) in [6.07, 6.45) is 0. The molecule has 1 aliphatic heterocycles. The van der Waals surface area contributed by atoms with Crippen LogP contribution in [-0.2, 0) is 0 Å². The number of anilines is 1. The molecule has 2 aromatic rings. The third-order valence-electron chi connectivity index (χ3n) is 3.61. The standard InChI is InChI=1S/C16H21N3OS/c1-3-20-14-6-4-13(5-7-14)15-12(2)21-16(18-15)19-10-8-17-9-11-19/h4-7,17H,3,8-11H2,1-2H3. The first-order valence-corrected chi connectivity index (χ1v) is 8.26. The lowest BCUT2D eigenvalue weighted by atomic mass is 10.1. The maximum Gasteiger partial charge on any atom is 0.186 e. The Morgan fingerprint density at radius 2 is 1.95 bits per heavy atom. The topological polar surface area (TPSA) is 37.4 Å². The number of hydrogen-bond acceptors (Lipinski definition) is 5. The molecule has 1 aliphatic rings. The normalized spacial score (nSPS) is 15.2. The number of ether oxygens (including phenoxy) is 1. The maximum absolute atomic E-state index is 5.49. The van der Waals surface area contributed by atoms with E-state index in [-0.39, 0.29) is 0 Å². The minimum atomic E-state index is 0.697. The number of thiazole rings is 1. The molecule has 1 N–H and O–H groups in total. The van der Waals surface area contributed by atoms with E-state index >= 15 is 0 Å². The van der Waals surface area contributed by atoms with Crippen LogP contribution in [0.4, 0.5) is 5.13 Å². The van der Waals surface area contributed by atoms with Gasteiger partial charge in [0, 0.05) is 36.6 Å². The molecule has 21 heavy (non-hydrogen) atoms. The number of nitrogens with one attached hydrogen (secondary N) is 1. The zero-order valence-corrected chi connectivity index (χ0v) is 13.4. The van der Waals surface area contributed by atoms with Gasteiger partial charge in [0.1, 0.15) is 5.75 Å². The van der Waals surface area contributed by atoms with Crippen molar-refractivity contribution in [3.05, 3.63) is 29.1 Å². The molecule has 0 unspecified atom stereocenters. The summed E-state index contributed by atoms with van der Waals surface area (Å²) < 4.78 is 5.49. The summed E-state index contributed by atoms with van der Waals surface area (Å²) >= 11 is 1.79. The quantitative estimate of drug-likeness (QED) is 0.942. The van der Waals surface area contributed by atoms with Crippen LogP contribution in [0.3, 0.4) is 0 Å². The highest BCUT2D eigenvalue weighted by atomic mass is 32.1. The average Bonchev–Trinajstić information content (AvgIpc) is 2.91. The molecule has 1 saturated heterocycles. The molecular formula is C16H21N3OS. The molecule has 5 heteroatoms. The second-order valence-corrected chi connectivity index (χ2v) is 6.28. The van der Waals surface area contributed by atoms with Gasteiger partial charge in [-0.2, -0.15) is 0 Å². The summed E-state index contributed by atoms with van der Waals surface area (Å²) in [5, 5.41) is 4.51. The number of aromatic nitrogens is 1. The van der Waals surface area contributed by atoms with Crippen molar-refractivity contribution in [3.8, 4) is 17.0 Å². The van der Waals surface area contributed by atoms with E-state index < -0.39 is 0 Å². The van der Waals surface area contributed by atoms with E-state index in [2.05, 4.69) is 29.3 Å². The highest BCUT2D eigenvalue weighted by molar-refractivity contribution is 7.16. The third kappa shape index (κ3) is 3.19. The van der Waals surface area contributed by atoms with Crippen molar-refractivity contribution in [2.24, 2.45) is 0 Å². The summed E-state index contributed by atoms with van der Waals surface area (Å²) in [6.45, 7) is 9.00. The fourth-order valence-corrected chi connectivity index (χ4v) is 3.50. The smallest absolute Gasteiger partial charge is 0.186 e. The number of rotatable bonds is 4. The van der Waals surface area contributed by atoms with Crippen LogP contribution in [0.25, 0.3) is 11.3 Å². The van der Waals surface area contributed by atoms with Crippen molar-refractivity contribution in [2.75, 3.05) is 37.7 Å². The van der Waals surface area contributed by atoms with Crippen molar-refractivity contribution in [1.82, 2.24) is 10.3 Å². The Balaban J connectivity index is 1.83. The molecule has 0 bridgehead atoms. The Morgan fingerprint density at radius 1 is 1.24 bits per heavy atom. The molecule has 2 heterocycles. The summed E-state index contributed by atoms with van der Waals surface area (Å²) in [4.78, 5) is 8.49. The molecule has 0 aliphatic carbocycles. The van der Waals surface area contributed by atoms with E-state index in [0.717, 1.165) is 48.3 Å². The molecule has 0 amide bonds. The zero-order chi connectivity index (χ0) is 14.7. The van der Waals surface area contributed by atoms with Gasteiger partial charge in [-0.15, -0.1) is 11.3 Å². The monoisotopic (exact) mass is 303 g/mol. The summed E-state index contributed by atoms with van der Waals surface area (Å²) in [5.74, 6) is 0.913. The van der Waals surface area contributed by atoms with Crippen LogP contribution in [0.2, 0.25) is 0 Å². The van der Waals surface area contributed by atoms with Gasteiger partial charge >= 0.3 is 0 Å². The SMILES string of the molecule is CCOc1ccc(-c2nc(N3CCNCC3)sc2C)cc1. The van der Waals surface area contributed by atoms with E-state index in [1.54, 1.807) is 11.3 Å². The van der Waals surface area contributed by atoms with Gasteiger partial charge < -0.3 is 15.0 Å². The number of nitrogens with zero attached hydrogens (tertiary/aromatic N) is 2. The number of aryl methyl sites for hydroxylation is 1. The highest BCUT2D eigenvalue weighted by Crippen LogP contribution is 2.33. The summed E-state index contributed by atoms with van der Waals surface area (Å²) in [6, 6.07) is 8.22. The fraction of sp³-hybridized carbons (Fsp3) is 0.438. The molecule has 0 radical (unpaired) electrons. The van der Waals surface area contributed by atoms with E-state index in [4.69, 9.17) is 9.72 Å². The lowest BCUT2D eigenvalue weighted by Gasteiger charge is -2.26. The minimum absolute atomic E-state index is 0.697. The van der Waals surface area contributed by atoms with Crippen molar-refractivity contribution < 1.29 is 4.74 Å². The van der Waals surface area contributed by atoms with Crippen molar-refractivity contribution in [2.45, 2.75) is 13.8 Å². The molecular weight excluding hydrogens is 282 g/mol. The van der Waals surface area contributed by atoms with Gasteiger partial charge in [-0.05, 0) is 38.1 Å². The van der Waals surface area contributed by atoms with E-state index in [9.17, 15) is 0 Å². The van der Waals surface area contributed by atoms with Gasteiger partial charge in [-0.1, -0.05) is 0 Å². The fourth-order valence-electron chi connectivity index (χ4n) is 2.52. The molecule has 0 atom stereocenters. The molecule has 112 valence electrons. The summed E-state index contributed by atoms with van der Waals surface area (Å²) in [7, 11) is 0. The van der Waals surface area contributed by atoms with Crippen LogP contribution in [0.5, 0.6) is 5.75 Å². The molecule has 1 fully saturated rings. The largest absolute Gasteiger partial charge is 0.494 e. The lowest BCUT2D eigenvalue weighted by molar-refractivity contribution is 0.340. The second kappa shape index (κ2) is 6.45. The van der Waals surface area contributed by atoms with Crippen molar-refractivity contribution in [1.29, 1.82) is 0 Å². The Kier molecular flexibility index (Phi) is 4.41. The molecule has 0 saturated carbocycles. The minimum Gasteiger partial charge on any atom is -0.494 e. The Morgan fingerprint density at radius 3 is 2.62 bits per heavy atom. The summed E-state index contributed by atoms with van der Waals surface area (Å²) in [5.41, 5.74) is 2.25. The Bertz CT molecular complexity index is 588. The first-order chi connectivity index (χ1) is 10.3. The van der Waals surface area contributed by atoms with Gasteiger partial charge in [0.05, 0.1) is 12.3 Å². The third-order valence-corrected chi connectivity index (χ3v) is 4.64. The van der Waals surface area contributed by atoms with Crippen LogP contribution in [0.15, 0.2) is 24.3 Å². The van der Waals surface area contributed by atoms with Gasteiger partial charge in [-0.3, -0.25) is 0 Å². The van der Waals surface area contributed by atoms with Crippen LogP contribution in [0, 0.1) is 6.92 Å². The Hall–Kier alpha value is -1.59. The Labute approximate surface area is 129 Å². The molecule has 3 rings (SSSR count). The van der Waals surface area contributed by atoms with Gasteiger partial charge in [0.15, 0.2) is 5.13 Å². The first kappa shape index (κ1) is 14.4. The van der Waals surface area contributed by atoms with Crippen LogP contribution in [0.1, 0.15) is 11.8 Å². The lowest BCUT2D eigenvalue weighted by Crippen LogP contribution is -2.43. The second-order valence-electron chi connectivity index (χ2n) is 5.10. The zero-order valence-electron chi connectivity index (χ0n) is 12.6. The molecule has 1 aromatic carbocycles. The van der Waals surface area contributed by atoms with Gasteiger partial charge in [0.25, 0.3) is 0 Å². The van der Waals surface area contributed by atoms with Crippen LogP contribution >= 0.6 is 11.3 Å². The predicted molar refractivity (Wildman–Crippen MR) is 88.5 cm³/mol. The van der Waals surface area contributed by atoms with E-state index in [0.29, 0.717) is 6.61 Å². The first-order valence-electron chi connectivity index (χ1n) is 7.44. The van der Waals surface area contributed by atoms with E-state index in [1.807, 2.05) is 19.1 Å². The maximum atomic E-state index is 5.49. The molecule has 0 spiro atoms. The average molecular weight is 303 g/mol. The highest BCUT2D eigenvalue weighted by Gasteiger charge is 2.17. The molecule has 1 aromatic heterocycles. The number of piperazine rings is 1.